The van der Waals surface area contributed by atoms with Crippen LogP contribution >= 0.6 is 19.3 Å². The molecule has 0 saturated carbocycles. The molecular weight excluding hydrogens is 243 g/mol. The van der Waals surface area contributed by atoms with Gasteiger partial charge in [0.05, 0.1) is 17.8 Å². The highest BCUT2D eigenvalue weighted by molar-refractivity contribution is 7.49. The lowest BCUT2D eigenvalue weighted by Crippen LogP contribution is -2.18. The molecule has 0 aromatic heterocycles. The van der Waals surface area contributed by atoms with Gasteiger partial charge in [-0.3, -0.25) is 0 Å². The monoisotopic (exact) mass is 252 g/mol. The fourth-order valence-electron chi connectivity index (χ4n) is 0.948. The Hall–Kier alpha value is -0.780. The lowest BCUT2D eigenvalue weighted by Gasteiger charge is -2.13. The third kappa shape index (κ3) is 3.70. The summed E-state index contributed by atoms with van der Waals surface area (Å²) in [5.74, 6) is 0.306. The molecule has 6 nitrogen and oxygen atoms in total. The smallest absolute Gasteiger partial charge is 0.417 e. The van der Waals surface area contributed by atoms with Gasteiger partial charge in [0, 0.05) is 0 Å². The Morgan fingerprint density at radius 2 is 2.13 bits per heavy atom. The summed E-state index contributed by atoms with van der Waals surface area (Å²) in [6.45, 7) is 0. The molecule has 0 saturated heterocycles. The van der Waals surface area contributed by atoms with E-state index in [1.165, 1.54) is 7.11 Å². The summed E-state index contributed by atoms with van der Waals surface area (Å²) in [6, 6.07) is 4.78. The van der Waals surface area contributed by atoms with Crippen molar-refractivity contribution in [2.45, 2.75) is 0 Å². The van der Waals surface area contributed by atoms with Gasteiger partial charge in [0.15, 0.2) is 5.75 Å². The van der Waals surface area contributed by atoms with Gasteiger partial charge >= 0.3 is 7.75 Å². The van der Waals surface area contributed by atoms with Crippen molar-refractivity contribution in [2.24, 2.45) is 0 Å². The van der Waals surface area contributed by atoms with Crippen molar-refractivity contribution in [1.82, 2.24) is 5.20 Å². The summed E-state index contributed by atoms with van der Waals surface area (Å²) in [5.41, 5.74) is 2.66. The largest absolute Gasteiger partial charge is 0.493 e. The first-order valence-electron chi connectivity index (χ1n) is 3.85. The molecule has 0 amide bonds. The number of rotatable bonds is 4. The van der Waals surface area contributed by atoms with Crippen LogP contribution in [0.25, 0.3) is 0 Å². The maximum atomic E-state index is 10.5. The second-order valence-electron chi connectivity index (χ2n) is 2.60. The molecule has 0 aliphatic heterocycles. The lowest BCUT2D eigenvalue weighted by atomic mass is 10.3. The molecule has 0 radical (unpaired) electrons. The van der Waals surface area contributed by atoms with Crippen LogP contribution in [0.5, 0.6) is 5.75 Å². The van der Waals surface area contributed by atoms with E-state index in [2.05, 4.69) is 5.43 Å². The van der Waals surface area contributed by atoms with Crippen LogP contribution in [-0.4, -0.2) is 16.9 Å². The van der Waals surface area contributed by atoms with Crippen molar-refractivity contribution >= 4 is 25.0 Å². The summed E-state index contributed by atoms with van der Waals surface area (Å²) in [5, 5.41) is 2.16. The third-order valence-electron chi connectivity index (χ3n) is 1.51. The second kappa shape index (κ2) is 4.83. The van der Waals surface area contributed by atoms with Crippen molar-refractivity contribution in [3.8, 4) is 5.75 Å². The molecule has 0 spiro atoms. The van der Waals surface area contributed by atoms with E-state index < -0.39 is 7.75 Å². The Kier molecular flexibility index (Phi) is 3.96. The van der Waals surface area contributed by atoms with Gasteiger partial charge in [-0.2, -0.15) is 0 Å². The average molecular weight is 253 g/mol. The van der Waals surface area contributed by atoms with Crippen LogP contribution in [-0.2, 0) is 4.57 Å². The molecule has 0 heterocycles. The zero-order valence-electron chi connectivity index (χ0n) is 7.77. The number of hydrogen-bond donors (Lipinski definition) is 4. The molecule has 1 rings (SSSR count). The van der Waals surface area contributed by atoms with Gasteiger partial charge < -0.3 is 19.9 Å². The van der Waals surface area contributed by atoms with Crippen molar-refractivity contribution in [2.75, 3.05) is 12.5 Å². The highest BCUT2D eigenvalue weighted by Gasteiger charge is 2.13. The molecule has 0 aliphatic carbocycles. The van der Waals surface area contributed by atoms with E-state index in [0.717, 1.165) is 0 Å². The lowest BCUT2D eigenvalue weighted by molar-refractivity contribution is 0.361. The molecule has 0 aliphatic rings. The Morgan fingerprint density at radius 3 is 2.67 bits per heavy atom. The number of hydrogen-bond acceptors (Lipinski definition) is 3. The van der Waals surface area contributed by atoms with Crippen LogP contribution in [0, 0.1) is 0 Å². The Bertz CT molecular complexity index is 395. The van der Waals surface area contributed by atoms with E-state index in [-0.39, 0.29) is 0 Å². The van der Waals surface area contributed by atoms with Gasteiger partial charge in [0.2, 0.25) is 0 Å². The van der Waals surface area contributed by atoms with Crippen molar-refractivity contribution in [1.29, 1.82) is 0 Å². The summed E-state index contributed by atoms with van der Waals surface area (Å²) in [4.78, 5) is 17.2. The standard InChI is InChI=1S/C7H10ClN2O4P/c1-14-7-5(8)3-2-4-6(7)9-10-15(11,12)13/h2-4,9H,1H3,(H3,10,11,12,13). The molecule has 1 aromatic rings. The molecule has 4 N–H and O–H groups in total. The van der Waals surface area contributed by atoms with Crippen molar-refractivity contribution in [3.05, 3.63) is 23.2 Å². The number of anilines is 1. The number of ether oxygens (including phenoxy) is 1. The molecule has 0 atom stereocenters. The van der Waals surface area contributed by atoms with Gasteiger partial charge in [-0.15, -0.1) is 5.20 Å². The number of hydrazine groups is 1. The number of methoxy groups -OCH3 is 1. The molecule has 8 heteroatoms. The zero-order valence-corrected chi connectivity index (χ0v) is 9.42. The molecular formula is C7H10ClN2O4P. The van der Waals surface area contributed by atoms with E-state index in [9.17, 15) is 4.57 Å². The number of nitrogens with one attached hydrogen (secondary N) is 2. The first-order chi connectivity index (χ1) is 6.94. The maximum Gasteiger partial charge on any atom is 0.417 e. The van der Waals surface area contributed by atoms with Gasteiger partial charge in [-0.05, 0) is 12.1 Å². The molecule has 84 valence electrons. The molecule has 0 bridgehead atoms. The van der Waals surface area contributed by atoms with E-state index in [1.807, 2.05) is 5.20 Å². The minimum absolute atomic E-state index is 0.306. The summed E-state index contributed by atoms with van der Waals surface area (Å²) in [7, 11) is -2.93. The van der Waals surface area contributed by atoms with Crippen molar-refractivity contribution < 1.29 is 19.1 Å². The van der Waals surface area contributed by atoms with E-state index in [1.54, 1.807) is 18.2 Å². The predicted octanol–water partition coefficient (Wildman–Crippen LogP) is 1.36. The molecule has 0 unspecified atom stereocenters. The fourth-order valence-corrected chi connectivity index (χ4v) is 1.47. The summed E-state index contributed by atoms with van der Waals surface area (Å²) in [6.07, 6.45) is 0. The van der Waals surface area contributed by atoms with Crippen LogP contribution in [0.1, 0.15) is 0 Å². The minimum atomic E-state index is -4.34. The summed E-state index contributed by atoms with van der Waals surface area (Å²) < 4.78 is 15.5. The van der Waals surface area contributed by atoms with Crippen LogP contribution in [0.2, 0.25) is 5.02 Å². The maximum absolute atomic E-state index is 10.5. The normalized spacial score (nSPS) is 11.2. The average Bonchev–Trinajstić information content (AvgIpc) is 2.13. The zero-order chi connectivity index (χ0) is 11.5. The van der Waals surface area contributed by atoms with Gasteiger partial charge in [0.1, 0.15) is 0 Å². The number of benzene rings is 1. The quantitative estimate of drug-likeness (QED) is 0.478. The van der Waals surface area contributed by atoms with Crippen LogP contribution < -0.4 is 15.4 Å². The van der Waals surface area contributed by atoms with E-state index in [4.69, 9.17) is 26.1 Å². The second-order valence-corrected chi connectivity index (χ2v) is 4.32. The first kappa shape index (κ1) is 12.3. The predicted molar refractivity (Wildman–Crippen MR) is 56.8 cm³/mol. The Morgan fingerprint density at radius 1 is 1.47 bits per heavy atom. The third-order valence-corrected chi connectivity index (χ3v) is 2.21. The molecule has 1 aromatic carbocycles. The first-order valence-corrected chi connectivity index (χ1v) is 5.84. The van der Waals surface area contributed by atoms with Gasteiger partial charge in [-0.1, -0.05) is 17.7 Å². The van der Waals surface area contributed by atoms with Crippen molar-refractivity contribution in [3.63, 3.8) is 0 Å². The van der Waals surface area contributed by atoms with E-state index in [0.29, 0.717) is 16.5 Å². The van der Waals surface area contributed by atoms with E-state index >= 15 is 0 Å². The number of halogens is 1. The number of para-hydroxylation sites is 1. The Balaban J connectivity index is 2.85. The molecule has 15 heavy (non-hydrogen) atoms. The highest BCUT2D eigenvalue weighted by Crippen LogP contribution is 2.34. The molecule has 0 fully saturated rings. The van der Waals surface area contributed by atoms with Crippen LogP contribution in [0.4, 0.5) is 5.69 Å². The van der Waals surface area contributed by atoms with Crippen LogP contribution in [0.15, 0.2) is 18.2 Å². The Labute approximate surface area is 91.4 Å². The van der Waals surface area contributed by atoms with Crippen LogP contribution in [0.3, 0.4) is 0 Å². The van der Waals surface area contributed by atoms with Gasteiger partial charge in [0.25, 0.3) is 0 Å². The summed E-state index contributed by atoms with van der Waals surface area (Å²) >= 11 is 5.79. The minimum Gasteiger partial charge on any atom is -0.493 e. The topological polar surface area (TPSA) is 90.8 Å². The van der Waals surface area contributed by atoms with Gasteiger partial charge in [-0.25, -0.2) is 4.57 Å². The highest BCUT2D eigenvalue weighted by atomic mass is 35.5. The SMILES string of the molecule is COc1c(Cl)cccc1NNP(=O)(O)O. The fraction of sp³-hybridized carbons (Fsp3) is 0.143.